The molecule has 2 amide bonds. The molecule has 0 radical (unpaired) electrons. The largest absolute Gasteiger partial charge is 0.353 e. The van der Waals surface area contributed by atoms with Crippen LogP contribution in [0.1, 0.15) is 35.4 Å². The minimum atomic E-state index is -0.346. The van der Waals surface area contributed by atoms with E-state index in [1.807, 2.05) is 0 Å². The Kier molecular flexibility index (Phi) is 3.25. The summed E-state index contributed by atoms with van der Waals surface area (Å²) in [5.41, 5.74) is 0.238. The Morgan fingerprint density at radius 1 is 1.35 bits per heavy atom. The molecule has 1 saturated heterocycles. The Morgan fingerprint density at radius 2 is 2.04 bits per heavy atom. The molecule has 0 bridgehead atoms. The summed E-state index contributed by atoms with van der Waals surface area (Å²) in [6, 6.07) is 1.59. The average Bonchev–Trinajstić information content (AvgIpc) is 3.37. The summed E-state index contributed by atoms with van der Waals surface area (Å²) in [5.74, 6) is 1.06. The predicted octanol–water partition coefficient (Wildman–Crippen LogP) is 0.0650. The highest BCUT2D eigenvalue weighted by atomic mass is 16.2. The first-order chi connectivity index (χ1) is 11.0. The van der Waals surface area contributed by atoms with E-state index in [0.29, 0.717) is 43.0 Å². The predicted molar refractivity (Wildman–Crippen MR) is 81.7 cm³/mol. The molecule has 1 aliphatic heterocycles. The lowest BCUT2D eigenvalue weighted by atomic mass is 10.2. The van der Waals surface area contributed by atoms with Crippen molar-refractivity contribution in [3.63, 3.8) is 0 Å². The van der Waals surface area contributed by atoms with Gasteiger partial charge in [-0.15, -0.1) is 0 Å². The molecule has 7 heteroatoms. The maximum absolute atomic E-state index is 12.4. The molecular weight excluding hydrogens is 296 g/mol. The first-order valence-electron chi connectivity index (χ1n) is 8.18. The molecule has 2 saturated carbocycles. The lowest BCUT2D eigenvalue weighted by Gasteiger charge is -2.19. The van der Waals surface area contributed by atoms with Crippen LogP contribution in [0, 0.1) is 24.7 Å². The number of rotatable bonds is 4. The Hall–Kier alpha value is -2.18. The summed E-state index contributed by atoms with van der Waals surface area (Å²) in [6.07, 6.45) is 2.98. The van der Waals surface area contributed by atoms with Crippen molar-refractivity contribution < 1.29 is 9.59 Å². The molecule has 3 aliphatic rings. The number of aromatic nitrogens is 2. The first-order valence-corrected chi connectivity index (χ1v) is 8.18. The standard InChI is InChI=1S/C16H20N4O3/c1-8-4-12(21)15(19-18-8)16(23)20-6-10-11(7-20)14(10)17-13(22)5-9-2-3-9/h4,9-11,14H,2-3,5-7H2,1H3,(H,17,22)(H,18,21)/t10-,11+,14?. The first kappa shape index (κ1) is 14.4. The number of piperidine rings is 1. The number of aryl methyl sites for hydroxylation is 1. The summed E-state index contributed by atoms with van der Waals surface area (Å²) in [5, 5.41) is 9.63. The Morgan fingerprint density at radius 3 is 2.65 bits per heavy atom. The molecule has 1 unspecified atom stereocenters. The number of H-pyrrole nitrogens is 1. The molecule has 3 fully saturated rings. The van der Waals surface area contributed by atoms with E-state index in [9.17, 15) is 14.4 Å². The van der Waals surface area contributed by atoms with Crippen LogP contribution in [0.4, 0.5) is 0 Å². The van der Waals surface area contributed by atoms with Gasteiger partial charge < -0.3 is 10.2 Å². The van der Waals surface area contributed by atoms with Crippen molar-refractivity contribution in [2.75, 3.05) is 13.1 Å². The maximum Gasteiger partial charge on any atom is 0.278 e. The number of nitrogens with zero attached hydrogens (tertiary/aromatic N) is 2. The molecule has 2 N–H and O–H groups in total. The molecule has 4 rings (SSSR count). The third-order valence-corrected chi connectivity index (χ3v) is 5.11. The number of hydrogen-bond donors (Lipinski definition) is 2. The van der Waals surface area contributed by atoms with Gasteiger partial charge >= 0.3 is 0 Å². The summed E-state index contributed by atoms with van der Waals surface area (Å²) in [6.45, 7) is 2.91. The quantitative estimate of drug-likeness (QED) is 0.821. The van der Waals surface area contributed by atoms with Crippen LogP contribution in [-0.4, -0.2) is 46.0 Å². The zero-order valence-corrected chi connectivity index (χ0v) is 13.0. The van der Waals surface area contributed by atoms with Gasteiger partial charge in [-0.3, -0.25) is 19.5 Å². The van der Waals surface area contributed by atoms with Gasteiger partial charge in [0.1, 0.15) is 0 Å². The minimum Gasteiger partial charge on any atom is -0.353 e. The van der Waals surface area contributed by atoms with E-state index in [1.165, 1.54) is 18.9 Å². The van der Waals surface area contributed by atoms with Gasteiger partial charge in [0.05, 0.1) is 0 Å². The molecule has 0 aromatic carbocycles. The van der Waals surface area contributed by atoms with E-state index in [-0.39, 0.29) is 29.0 Å². The molecule has 23 heavy (non-hydrogen) atoms. The third-order valence-electron chi connectivity index (χ3n) is 5.11. The minimum absolute atomic E-state index is 0.0498. The van der Waals surface area contributed by atoms with Crippen LogP contribution in [0.15, 0.2) is 10.9 Å². The van der Waals surface area contributed by atoms with Gasteiger partial charge in [0.15, 0.2) is 5.69 Å². The van der Waals surface area contributed by atoms with Gasteiger partial charge in [0.25, 0.3) is 5.91 Å². The van der Waals surface area contributed by atoms with Crippen molar-refractivity contribution >= 4 is 11.8 Å². The van der Waals surface area contributed by atoms with Crippen molar-refractivity contribution in [3.8, 4) is 0 Å². The van der Waals surface area contributed by atoms with E-state index >= 15 is 0 Å². The maximum atomic E-state index is 12.4. The zero-order chi connectivity index (χ0) is 16.1. The molecular formula is C16H20N4O3. The highest BCUT2D eigenvalue weighted by molar-refractivity contribution is 5.92. The fourth-order valence-corrected chi connectivity index (χ4v) is 3.53. The third kappa shape index (κ3) is 2.75. The second-order valence-electron chi connectivity index (χ2n) is 7.04. The van der Waals surface area contributed by atoms with Crippen LogP contribution in [0.3, 0.4) is 0 Å². The highest BCUT2D eigenvalue weighted by Gasteiger charge is 2.57. The van der Waals surface area contributed by atoms with E-state index in [4.69, 9.17) is 0 Å². The number of likely N-dealkylation sites (tertiary alicyclic amines) is 1. The number of hydrogen-bond acceptors (Lipinski definition) is 4. The number of carbonyl (C=O) groups is 2. The van der Waals surface area contributed by atoms with E-state index in [2.05, 4.69) is 15.5 Å². The van der Waals surface area contributed by atoms with Gasteiger partial charge in [-0.25, -0.2) is 0 Å². The Labute approximate surface area is 133 Å². The van der Waals surface area contributed by atoms with Crippen LogP contribution in [0.25, 0.3) is 0 Å². The van der Waals surface area contributed by atoms with Gasteiger partial charge in [-0.2, -0.15) is 5.10 Å². The fourth-order valence-electron chi connectivity index (χ4n) is 3.53. The van der Waals surface area contributed by atoms with Crippen LogP contribution >= 0.6 is 0 Å². The molecule has 3 atom stereocenters. The second-order valence-corrected chi connectivity index (χ2v) is 7.04. The highest BCUT2D eigenvalue weighted by Crippen LogP contribution is 2.46. The molecule has 0 spiro atoms. The number of aromatic amines is 1. The molecule has 2 aliphatic carbocycles. The lowest BCUT2D eigenvalue weighted by Crippen LogP contribution is -2.39. The molecule has 7 nitrogen and oxygen atoms in total. The number of fused-ring (bicyclic) bond motifs is 1. The lowest BCUT2D eigenvalue weighted by molar-refractivity contribution is -0.121. The second kappa shape index (κ2) is 5.18. The smallest absolute Gasteiger partial charge is 0.278 e. The van der Waals surface area contributed by atoms with Crippen LogP contribution in [0.5, 0.6) is 0 Å². The van der Waals surface area contributed by atoms with Gasteiger partial charge in [0.2, 0.25) is 11.3 Å². The molecule has 1 aromatic rings. The Balaban J connectivity index is 1.33. The topological polar surface area (TPSA) is 95.2 Å². The van der Waals surface area contributed by atoms with Gasteiger partial charge in [-0.05, 0) is 25.7 Å². The van der Waals surface area contributed by atoms with Crippen LogP contribution < -0.4 is 10.7 Å². The molecule has 1 aromatic heterocycles. The number of nitrogens with one attached hydrogen (secondary N) is 2. The van der Waals surface area contributed by atoms with E-state index in [1.54, 1.807) is 11.8 Å². The van der Waals surface area contributed by atoms with Gasteiger partial charge in [-0.1, -0.05) is 0 Å². The van der Waals surface area contributed by atoms with Crippen molar-refractivity contribution in [3.05, 3.63) is 27.7 Å². The van der Waals surface area contributed by atoms with Crippen LogP contribution in [-0.2, 0) is 4.79 Å². The fraction of sp³-hybridized carbons (Fsp3) is 0.625. The summed E-state index contributed by atoms with van der Waals surface area (Å²) in [7, 11) is 0. The summed E-state index contributed by atoms with van der Waals surface area (Å²) < 4.78 is 0. The van der Waals surface area contributed by atoms with Crippen LogP contribution in [0.2, 0.25) is 0 Å². The average molecular weight is 316 g/mol. The number of carbonyl (C=O) groups excluding carboxylic acids is 2. The zero-order valence-electron chi connectivity index (χ0n) is 13.0. The van der Waals surface area contributed by atoms with E-state index in [0.717, 1.165) is 0 Å². The van der Waals surface area contributed by atoms with Crippen molar-refractivity contribution in [1.82, 2.24) is 20.4 Å². The normalized spacial score (nSPS) is 28.4. The van der Waals surface area contributed by atoms with Gasteiger partial charge in [0, 0.05) is 49.1 Å². The monoisotopic (exact) mass is 316 g/mol. The summed E-state index contributed by atoms with van der Waals surface area (Å²) in [4.78, 5) is 37.8. The van der Waals surface area contributed by atoms with E-state index < -0.39 is 0 Å². The summed E-state index contributed by atoms with van der Waals surface area (Å²) >= 11 is 0. The van der Waals surface area contributed by atoms with Crippen molar-refractivity contribution in [1.29, 1.82) is 0 Å². The Bertz CT molecular complexity index is 712. The van der Waals surface area contributed by atoms with Crippen molar-refractivity contribution in [2.24, 2.45) is 17.8 Å². The molecule has 122 valence electrons. The molecule has 2 heterocycles. The SMILES string of the molecule is Cc1cc(=O)c(C(=O)N2C[C@@H]3C(NC(=O)CC4CC4)[C@@H]3C2)n[nH]1. The number of amides is 2. The van der Waals surface area contributed by atoms with Crippen molar-refractivity contribution in [2.45, 2.75) is 32.2 Å².